The standard InChI is InChI=1S/C9H7Cl2N5O/c1-4-2-6(11)7(3-5(4)10)12-9(17)8-13-15-16-14-8/h2-3H,1H3,(H,12,17)(H,13,14,15,16). The molecule has 0 aliphatic heterocycles. The molecule has 0 radical (unpaired) electrons. The minimum Gasteiger partial charge on any atom is -0.318 e. The number of carbonyl (C=O) groups is 1. The number of hydrogen-bond donors (Lipinski definition) is 2. The third-order valence-corrected chi connectivity index (χ3v) is 2.76. The maximum absolute atomic E-state index is 11.6. The summed E-state index contributed by atoms with van der Waals surface area (Å²) in [5.41, 5.74) is 1.23. The maximum Gasteiger partial charge on any atom is 0.297 e. The number of amides is 1. The van der Waals surface area contributed by atoms with Crippen molar-refractivity contribution >= 4 is 34.8 Å². The highest BCUT2D eigenvalue weighted by Crippen LogP contribution is 2.28. The van der Waals surface area contributed by atoms with Gasteiger partial charge in [-0.05, 0) is 29.8 Å². The fraction of sp³-hybridized carbons (Fsp3) is 0.111. The normalized spacial score (nSPS) is 10.3. The zero-order chi connectivity index (χ0) is 12.4. The Morgan fingerprint density at radius 3 is 2.76 bits per heavy atom. The van der Waals surface area contributed by atoms with Crippen LogP contribution in [0, 0.1) is 6.92 Å². The molecule has 1 aromatic heterocycles. The number of aryl methyl sites for hydroxylation is 1. The van der Waals surface area contributed by atoms with Crippen molar-refractivity contribution < 1.29 is 4.79 Å². The molecular formula is C9H7Cl2N5O. The van der Waals surface area contributed by atoms with Crippen LogP contribution in [-0.2, 0) is 0 Å². The van der Waals surface area contributed by atoms with Crippen LogP contribution in [0.4, 0.5) is 5.69 Å². The second-order valence-electron chi connectivity index (χ2n) is 3.27. The van der Waals surface area contributed by atoms with E-state index in [0.29, 0.717) is 15.7 Å². The smallest absolute Gasteiger partial charge is 0.297 e. The predicted octanol–water partition coefficient (Wildman–Crippen LogP) is 2.07. The predicted molar refractivity (Wildman–Crippen MR) is 63.3 cm³/mol. The van der Waals surface area contributed by atoms with Crippen molar-refractivity contribution in [2.24, 2.45) is 0 Å². The van der Waals surface area contributed by atoms with Crippen LogP contribution < -0.4 is 5.32 Å². The highest BCUT2D eigenvalue weighted by molar-refractivity contribution is 6.36. The summed E-state index contributed by atoms with van der Waals surface area (Å²) in [5, 5.41) is 16.0. The third-order valence-electron chi connectivity index (χ3n) is 2.04. The van der Waals surface area contributed by atoms with Crippen LogP contribution in [0.1, 0.15) is 16.2 Å². The van der Waals surface area contributed by atoms with E-state index in [0.717, 1.165) is 5.56 Å². The molecule has 1 aromatic carbocycles. The Bertz CT molecular complexity index is 555. The largest absolute Gasteiger partial charge is 0.318 e. The molecule has 88 valence electrons. The van der Waals surface area contributed by atoms with Gasteiger partial charge in [0.15, 0.2) is 0 Å². The first-order chi connectivity index (χ1) is 8.08. The lowest BCUT2D eigenvalue weighted by Gasteiger charge is -2.07. The average Bonchev–Trinajstić information content (AvgIpc) is 2.79. The van der Waals surface area contributed by atoms with Gasteiger partial charge >= 0.3 is 0 Å². The van der Waals surface area contributed by atoms with Gasteiger partial charge in [0.2, 0.25) is 0 Å². The van der Waals surface area contributed by atoms with Gasteiger partial charge in [0.05, 0.1) is 10.7 Å². The zero-order valence-corrected chi connectivity index (χ0v) is 10.2. The van der Waals surface area contributed by atoms with Crippen LogP contribution in [0.3, 0.4) is 0 Å². The van der Waals surface area contributed by atoms with Crippen LogP contribution in [-0.4, -0.2) is 26.5 Å². The first-order valence-corrected chi connectivity index (χ1v) is 5.34. The minimum atomic E-state index is -0.513. The quantitative estimate of drug-likeness (QED) is 0.876. The van der Waals surface area contributed by atoms with Crippen molar-refractivity contribution in [3.8, 4) is 0 Å². The number of benzene rings is 1. The Labute approximate surface area is 106 Å². The summed E-state index contributed by atoms with van der Waals surface area (Å²) >= 11 is 11.9. The SMILES string of the molecule is Cc1cc(Cl)c(NC(=O)c2nn[nH]n2)cc1Cl. The van der Waals surface area contributed by atoms with E-state index in [4.69, 9.17) is 23.2 Å². The first-order valence-electron chi connectivity index (χ1n) is 4.58. The van der Waals surface area contributed by atoms with Crippen molar-refractivity contribution in [3.63, 3.8) is 0 Å². The lowest BCUT2D eigenvalue weighted by Crippen LogP contribution is -2.14. The molecule has 2 N–H and O–H groups in total. The molecule has 1 heterocycles. The van der Waals surface area contributed by atoms with E-state index in [-0.39, 0.29) is 5.82 Å². The highest BCUT2D eigenvalue weighted by Gasteiger charge is 2.13. The zero-order valence-electron chi connectivity index (χ0n) is 8.66. The van der Waals surface area contributed by atoms with E-state index < -0.39 is 5.91 Å². The number of nitrogens with one attached hydrogen (secondary N) is 2. The van der Waals surface area contributed by atoms with Crippen molar-refractivity contribution in [2.75, 3.05) is 5.32 Å². The van der Waals surface area contributed by atoms with Gasteiger partial charge in [0, 0.05) is 5.02 Å². The summed E-state index contributed by atoms with van der Waals surface area (Å²) in [6.07, 6.45) is 0. The number of H-pyrrole nitrogens is 1. The van der Waals surface area contributed by atoms with Crippen LogP contribution in [0.5, 0.6) is 0 Å². The molecular weight excluding hydrogens is 265 g/mol. The maximum atomic E-state index is 11.6. The number of hydrogen-bond acceptors (Lipinski definition) is 4. The van der Waals surface area contributed by atoms with Crippen LogP contribution in [0.2, 0.25) is 10.0 Å². The molecule has 2 aromatic rings. The van der Waals surface area contributed by atoms with Crippen molar-refractivity contribution in [1.29, 1.82) is 0 Å². The Morgan fingerprint density at radius 1 is 1.35 bits per heavy atom. The molecule has 0 unspecified atom stereocenters. The van der Waals surface area contributed by atoms with Crippen molar-refractivity contribution in [1.82, 2.24) is 20.6 Å². The lowest BCUT2D eigenvalue weighted by molar-refractivity contribution is 0.101. The fourth-order valence-electron chi connectivity index (χ4n) is 1.18. The van der Waals surface area contributed by atoms with Crippen molar-refractivity contribution in [2.45, 2.75) is 6.92 Å². The van der Waals surface area contributed by atoms with Gasteiger partial charge in [-0.1, -0.05) is 23.2 Å². The van der Waals surface area contributed by atoms with Gasteiger partial charge in [-0.3, -0.25) is 4.79 Å². The highest BCUT2D eigenvalue weighted by atomic mass is 35.5. The van der Waals surface area contributed by atoms with E-state index in [1.807, 2.05) is 6.92 Å². The number of carbonyl (C=O) groups excluding carboxylic acids is 1. The summed E-state index contributed by atoms with van der Waals surface area (Å²) in [6.45, 7) is 1.82. The van der Waals surface area contributed by atoms with E-state index >= 15 is 0 Å². The molecule has 8 heteroatoms. The number of anilines is 1. The van der Waals surface area contributed by atoms with Gasteiger partial charge in [0.25, 0.3) is 11.7 Å². The fourth-order valence-corrected chi connectivity index (χ4v) is 1.61. The number of rotatable bonds is 2. The topological polar surface area (TPSA) is 83.6 Å². The van der Waals surface area contributed by atoms with E-state index in [1.165, 1.54) is 0 Å². The molecule has 0 aliphatic carbocycles. The van der Waals surface area contributed by atoms with Crippen LogP contribution >= 0.6 is 23.2 Å². The lowest BCUT2D eigenvalue weighted by atomic mass is 10.2. The van der Waals surface area contributed by atoms with Crippen molar-refractivity contribution in [3.05, 3.63) is 33.6 Å². The van der Waals surface area contributed by atoms with E-state index in [2.05, 4.69) is 25.9 Å². The Hall–Kier alpha value is -1.66. The Kier molecular flexibility index (Phi) is 3.26. The number of aromatic nitrogens is 4. The molecule has 0 saturated heterocycles. The molecule has 6 nitrogen and oxygen atoms in total. The van der Waals surface area contributed by atoms with Crippen LogP contribution in [0.25, 0.3) is 0 Å². The molecule has 0 bridgehead atoms. The molecule has 2 rings (SSSR count). The monoisotopic (exact) mass is 271 g/mol. The summed E-state index contributed by atoms with van der Waals surface area (Å²) in [7, 11) is 0. The molecule has 0 saturated carbocycles. The number of tetrazole rings is 1. The van der Waals surface area contributed by atoms with Gasteiger partial charge in [-0.15, -0.1) is 10.2 Å². The Morgan fingerprint density at radius 2 is 2.12 bits per heavy atom. The Balaban J connectivity index is 2.25. The molecule has 0 aliphatic rings. The van der Waals surface area contributed by atoms with Gasteiger partial charge in [-0.25, -0.2) is 0 Å². The number of aromatic amines is 1. The van der Waals surface area contributed by atoms with Gasteiger partial charge in [0.1, 0.15) is 0 Å². The average molecular weight is 272 g/mol. The molecule has 0 spiro atoms. The van der Waals surface area contributed by atoms with Gasteiger partial charge in [-0.2, -0.15) is 5.21 Å². The number of nitrogens with zero attached hydrogens (tertiary/aromatic N) is 3. The second kappa shape index (κ2) is 4.68. The molecule has 0 fully saturated rings. The van der Waals surface area contributed by atoms with Gasteiger partial charge < -0.3 is 5.32 Å². The first kappa shape index (κ1) is 11.8. The van der Waals surface area contributed by atoms with E-state index in [1.54, 1.807) is 12.1 Å². The molecule has 0 atom stereocenters. The summed E-state index contributed by atoms with van der Waals surface area (Å²) in [4.78, 5) is 11.6. The summed E-state index contributed by atoms with van der Waals surface area (Å²) < 4.78 is 0. The minimum absolute atomic E-state index is 0.0715. The van der Waals surface area contributed by atoms with E-state index in [9.17, 15) is 4.79 Å². The summed E-state index contributed by atoms with van der Waals surface area (Å²) in [5.74, 6) is -0.585. The third kappa shape index (κ3) is 2.54. The summed E-state index contributed by atoms with van der Waals surface area (Å²) in [6, 6.07) is 3.23. The second-order valence-corrected chi connectivity index (χ2v) is 4.09. The van der Waals surface area contributed by atoms with Crippen LogP contribution in [0.15, 0.2) is 12.1 Å². The molecule has 1 amide bonds. The molecule has 17 heavy (non-hydrogen) atoms. The number of halogens is 2.